The molecule has 19 nitrogen and oxygen atoms in total. The van der Waals surface area contributed by atoms with Crippen molar-refractivity contribution in [1.82, 2.24) is 79.0 Å². The van der Waals surface area contributed by atoms with Crippen LogP contribution in [0.1, 0.15) is 306 Å². The highest BCUT2D eigenvalue weighted by Crippen LogP contribution is 2.30. The van der Waals surface area contributed by atoms with Gasteiger partial charge in [-0.3, -0.25) is 14.8 Å². The van der Waals surface area contributed by atoms with Crippen LogP contribution in [0.5, 0.6) is 0 Å². The lowest BCUT2D eigenvalue weighted by atomic mass is 9.84. The Balaban J connectivity index is 0.000000589. The molecule has 10 heterocycles. The van der Waals surface area contributed by atoms with Gasteiger partial charge in [-0.1, -0.05) is 214 Å². The Labute approximate surface area is 643 Å². The molecule has 0 amide bonds. The van der Waals surface area contributed by atoms with Crippen molar-refractivity contribution in [2.75, 3.05) is 6.54 Å². The number of rotatable bonds is 0. The number of carbonyl (C=O) groups excluding carboxylic acids is 1. The number of hydrogen-bond acceptors (Lipinski definition) is 14. The van der Waals surface area contributed by atoms with Crippen LogP contribution in [0, 0.1) is 66.2 Å². The summed E-state index contributed by atoms with van der Waals surface area (Å²) < 4.78 is 11.0. The van der Waals surface area contributed by atoms with E-state index < -0.39 is 0 Å². The number of aliphatic imine (C=N–C) groups is 1. The van der Waals surface area contributed by atoms with Crippen LogP contribution in [0.15, 0.2) is 96.6 Å². The topological polar surface area (TPSA) is 227 Å². The minimum absolute atomic E-state index is 0.0304. The summed E-state index contributed by atoms with van der Waals surface area (Å²) >= 11 is 0. The number of aryl methyl sites for hydroxylation is 10. The number of carbonyl (C=O) groups is 1. The molecule has 590 valence electrons. The van der Waals surface area contributed by atoms with E-state index in [-0.39, 0.29) is 66.2 Å². The summed E-state index contributed by atoms with van der Waals surface area (Å²) in [7, 11) is 6.04. The van der Waals surface area contributed by atoms with E-state index in [9.17, 15) is 4.79 Å². The third-order valence-electron chi connectivity index (χ3n) is 16.6. The van der Waals surface area contributed by atoms with E-state index in [0.717, 1.165) is 81.2 Å². The molecule has 0 aliphatic carbocycles. The van der Waals surface area contributed by atoms with Crippen molar-refractivity contribution in [2.45, 2.75) is 319 Å². The molecular formula is C87H145N17O2. The second-order valence-corrected chi connectivity index (χ2v) is 38.1. The number of ether oxygens (including phenoxy) is 1. The highest BCUT2D eigenvalue weighted by molar-refractivity contribution is 6.00. The van der Waals surface area contributed by atoms with Crippen LogP contribution >= 0.6 is 0 Å². The first kappa shape index (κ1) is 95.9. The predicted octanol–water partition coefficient (Wildman–Crippen LogP) is 20.3. The second kappa shape index (κ2) is 39.1. The van der Waals surface area contributed by atoms with Crippen LogP contribution < -0.4 is 0 Å². The lowest BCUT2D eigenvalue weighted by Crippen LogP contribution is -2.25. The van der Waals surface area contributed by atoms with Gasteiger partial charge in [0.05, 0.1) is 23.6 Å². The predicted molar refractivity (Wildman–Crippen MR) is 444 cm³/mol. The van der Waals surface area contributed by atoms with Gasteiger partial charge in [0.1, 0.15) is 41.6 Å². The molecule has 10 rings (SSSR count). The van der Waals surface area contributed by atoms with Crippen LogP contribution in [0.25, 0.3) is 0 Å². The van der Waals surface area contributed by atoms with E-state index in [4.69, 9.17) is 4.74 Å². The van der Waals surface area contributed by atoms with Crippen molar-refractivity contribution in [3.8, 4) is 0 Å². The molecule has 1 atom stereocenters. The lowest BCUT2D eigenvalue weighted by Gasteiger charge is -2.23. The van der Waals surface area contributed by atoms with E-state index in [2.05, 4.69) is 312 Å². The number of cyclic esters (lactones) is 1. The first-order chi connectivity index (χ1) is 47.8. The number of H-pyrrole nitrogens is 2. The average Bonchev–Trinajstić information content (AvgIpc) is 1.67. The lowest BCUT2D eigenvalue weighted by molar-refractivity contribution is -0.142. The number of aromatic nitrogens is 16. The van der Waals surface area contributed by atoms with Crippen LogP contribution in [-0.2, 0) is 74.0 Å². The van der Waals surface area contributed by atoms with Gasteiger partial charge in [-0.25, -0.2) is 49.7 Å². The van der Waals surface area contributed by atoms with Crippen molar-refractivity contribution < 1.29 is 9.53 Å². The molecular weight excluding hydrogens is 1320 g/mol. The number of aromatic amines is 2. The van der Waals surface area contributed by atoms with E-state index in [1.54, 1.807) is 6.33 Å². The monoisotopic (exact) mass is 1460 g/mol. The third-order valence-corrected chi connectivity index (χ3v) is 16.6. The number of imidazole rings is 3. The standard InChI is InChI=1S/3C9H16N2.3C9H14N2.C9H15N.2C8H14N2.C8H12O2/c1-7-10-8(6-11(7)5)9(2,3)4;1-7-10-6-8(11(7)5)9(2,3)4;1-7-8(9(2,3)4)6-11(5)10-7;1-7-5-8(9(2,3)4)11-6-10-7;1-7-10-6-5-8(11-7)9(2,3)4;1-7-5-6-10-8(11-7)9(2,3)4;1-7-8(5-6-10-7)9(2,3)4;1-6-9-5-7(10-6)8(2,3)4;1-6-5-7(10-9-6)8(2,3)4;1-8(2,3)6-4-5-7(9)10-6/h3*6H,1-5H3;3*5-6H,1-4H3;5H,6H2,1-4H3;2*5H,1-4H3,(H,9,10);4-6H,1-3H3. The summed E-state index contributed by atoms with van der Waals surface area (Å²) in [5.74, 6) is 4.68. The SMILES string of the molecule is CC(C)(C)C1C=CC(=O)O1.CC1=NCC=C1C(C)(C)C.Cc1cc(C(C)(C)C)n[nH]1.Cc1cc(C(C)(C)C)ncn1.Cc1ccnc(C(C)(C)C)n1.Cc1nc(C(C)(C)C)cn1C.Cc1ncc(C(C)(C)C)[nH]1.Cc1ncc(C(C)(C)C)n1C.Cc1nccc(C(C)(C)C)n1.Cc1nn(C)cc1C(C)(C)C. The molecule has 0 radical (unpaired) electrons. The molecule has 19 heteroatoms. The quantitative estimate of drug-likeness (QED) is 0.135. The van der Waals surface area contributed by atoms with Crippen molar-refractivity contribution in [1.29, 1.82) is 0 Å². The Morgan fingerprint density at radius 2 is 1.06 bits per heavy atom. The van der Waals surface area contributed by atoms with Crippen LogP contribution in [0.2, 0.25) is 0 Å². The zero-order chi connectivity index (χ0) is 82.5. The molecule has 0 spiro atoms. The van der Waals surface area contributed by atoms with Gasteiger partial charge in [-0.05, 0) is 115 Å². The fourth-order valence-electron chi connectivity index (χ4n) is 9.80. The van der Waals surface area contributed by atoms with Crippen molar-refractivity contribution in [3.63, 3.8) is 0 Å². The molecule has 1 unspecified atom stereocenters. The summed E-state index contributed by atoms with van der Waals surface area (Å²) in [6, 6.07) is 7.99. The summed E-state index contributed by atoms with van der Waals surface area (Å²) in [5, 5.41) is 11.4. The summed E-state index contributed by atoms with van der Waals surface area (Å²) in [5.41, 5.74) is 16.9. The van der Waals surface area contributed by atoms with E-state index in [0.29, 0.717) is 0 Å². The molecule has 8 aromatic rings. The first-order valence-corrected chi connectivity index (χ1v) is 37.3. The molecule has 0 aromatic carbocycles. The van der Waals surface area contributed by atoms with E-state index in [1.807, 2.05) is 137 Å². The highest BCUT2D eigenvalue weighted by Gasteiger charge is 2.29. The summed E-state index contributed by atoms with van der Waals surface area (Å²) in [4.78, 5) is 56.1. The maximum atomic E-state index is 10.6. The first-order valence-electron chi connectivity index (χ1n) is 37.3. The molecule has 0 bridgehead atoms. The molecule has 0 fully saturated rings. The summed E-state index contributed by atoms with van der Waals surface area (Å²) in [6.45, 7) is 83.7. The minimum atomic E-state index is -0.222. The number of nitrogens with one attached hydrogen (secondary N) is 2. The van der Waals surface area contributed by atoms with Gasteiger partial charge in [0.25, 0.3) is 0 Å². The minimum Gasteiger partial charge on any atom is -0.454 e. The van der Waals surface area contributed by atoms with Gasteiger partial charge >= 0.3 is 5.97 Å². The van der Waals surface area contributed by atoms with Crippen molar-refractivity contribution >= 4 is 11.7 Å². The fraction of sp³-hybridized carbons (Fsp3) is 0.621. The molecule has 0 saturated carbocycles. The molecule has 106 heavy (non-hydrogen) atoms. The zero-order valence-corrected chi connectivity index (χ0v) is 74.4. The normalized spacial score (nSPS) is 13.8. The van der Waals surface area contributed by atoms with E-state index >= 15 is 0 Å². The average molecular weight is 1460 g/mol. The third kappa shape index (κ3) is 35.5. The smallest absolute Gasteiger partial charge is 0.331 e. The molecule has 8 aromatic heterocycles. The van der Waals surface area contributed by atoms with Crippen LogP contribution in [-0.4, -0.2) is 103 Å². The number of nitrogens with zero attached hydrogens (tertiary/aromatic N) is 15. The Bertz CT molecular complexity index is 3840. The van der Waals surface area contributed by atoms with Crippen LogP contribution in [0.3, 0.4) is 0 Å². The largest absolute Gasteiger partial charge is 0.454 e. The van der Waals surface area contributed by atoms with Gasteiger partial charge in [0.2, 0.25) is 0 Å². The summed E-state index contributed by atoms with van der Waals surface area (Å²) in [6.07, 6.45) is 18.7. The molecule has 0 saturated heterocycles. The Morgan fingerprint density at radius 3 is 1.30 bits per heavy atom. The van der Waals surface area contributed by atoms with Gasteiger partial charge in [0, 0.05) is 153 Å². The van der Waals surface area contributed by atoms with Crippen LogP contribution in [0.4, 0.5) is 0 Å². The number of hydrogen-bond donors (Lipinski definition) is 2. The molecule has 2 aliphatic heterocycles. The van der Waals surface area contributed by atoms with Gasteiger partial charge in [-0.2, -0.15) is 10.2 Å². The number of allylic oxidation sites excluding steroid dienone is 1. The zero-order valence-electron chi connectivity index (χ0n) is 74.4. The van der Waals surface area contributed by atoms with Crippen molar-refractivity contribution in [3.05, 3.63) is 183 Å². The van der Waals surface area contributed by atoms with Gasteiger partial charge < -0.3 is 18.9 Å². The number of esters is 1. The Kier molecular flexibility index (Phi) is 35.4. The van der Waals surface area contributed by atoms with Crippen molar-refractivity contribution in [2.24, 2.45) is 37.0 Å². The highest BCUT2D eigenvalue weighted by atomic mass is 16.5. The Morgan fingerprint density at radius 1 is 0.500 bits per heavy atom. The maximum absolute atomic E-state index is 10.6. The Hall–Kier alpha value is -8.09. The van der Waals surface area contributed by atoms with E-state index in [1.165, 1.54) is 34.3 Å². The molecule has 2 N–H and O–H groups in total. The van der Waals surface area contributed by atoms with Gasteiger partial charge in [-0.15, -0.1) is 0 Å². The maximum Gasteiger partial charge on any atom is 0.331 e. The second-order valence-electron chi connectivity index (χ2n) is 38.1. The molecule has 2 aliphatic rings. The van der Waals surface area contributed by atoms with Gasteiger partial charge in [0.15, 0.2) is 0 Å². The fourth-order valence-corrected chi connectivity index (χ4v) is 9.80.